The van der Waals surface area contributed by atoms with Gasteiger partial charge in [-0.05, 0) is 48.5 Å². The SMILES string of the molecule is O=C1OCCN1c1ccc(Oc2ccc(Cl)cc2)cc1. The summed E-state index contributed by atoms with van der Waals surface area (Å²) >= 11 is 5.82. The molecule has 1 fully saturated rings. The lowest BCUT2D eigenvalue weighted by Crippen LogP contribution is -2.22. The molecule has 0 spiro atoms. The zero-order valence-electron chi connectivity index (χ0n) is 10.6. The van der Waals surface area contributed by atoms with E-state index in [-0.39, 0.29) is 6.09 Å². The summed E-state index contributed by atoms with van der Waals surface area (Å²) in [6.07, 6.45) is -0.309. The fourth-order valence-electron chi connectivity index (χ4n) is 1.96. The van der Waals surface area contributed by atoms with Gasteiger partial charge in [-0.1, -0.05) is 11.6 Å². The van der Waals surface area contributed by atoms with Crippen LogP contribution in [0.4, 0.5) is 10.5 Å². The highest BCUT2D eigenvalue weighted by Gasteiger charge is 2.23. The largest absolute Gasteiger partial charge is 0.457 e. The molecule has 0 N–H and O–H groups in total. The molecule has 0 atom stereocenters. The van der Waals surface area contributed by atoms with E-state index in [2.05, 4.69) is 0 Å². The topological polar surface area (TPSA) is 38.8 Å². The minimum Gasteiger partial charge on any atom is -0.457 e. The Morgan fingerprint density at radius 2 is 1.60 bits per heavy atom. The smallest absolute Gasteiger partial charge is 0.414 e. The van der Waals surface area contributed by atoms with Gasteiger partial charge < -0.3 is 9.47 Å². The lowest BCUT2D eigenvalue weighted by Gasteiger charge is -2.13. The van der Waals surface area contributed by atoms with Crippen molar-refractivity contribution in [1.82, 2.24) is 0 Å². The Balaban J connectivity index is 1.73. The van der Waals surface area contributed by atoms with Crippen LogP contribution >= 0.6 is 11.6 Å². The summed E-state index contributed by atoms with van der Waals surface area (Å²) in [5, 5.41) is 0.667. The lowest BCUT2D eigenvalue weighted by molar-refractivity contribution is 0.181. The summed E-state index contributed by atoms with van der Waals surface area (Å²) in [5.41, 5.74) is 0.802. The maximum Gasteiger partial charge on any atom is 0.414 e. The van der Waals surface area contributed by atoms with Gasteiger partial charge in [0.05, 0.1) is 6.54 Å². The van der Waals surface area contributed by atoms with Crippen LogP contribution in [-0.2, 0) is 4.74 Å². The van der Waals surface area contributed by atoms with Crippen LogP contribution in [-0.4, -0.2) is 19.2 Å². The Morgan fingerprint density at radius 3 is 2.15 bits per heavy atom. The number of hydrogen-bond acceptors (Lipinski definition) is 3. The highest BCUT2D eigenvalue weighted by atomic mass is 35.5. The van der Waals surface area contributed by atoms with Crippen molar-refractivity contribution in [2.45, 2.75) is 0 Å². The number of cyclic esters (lactones) is 1. The van der Waals surface area contributed by atoms with E-state index in [4.69, 9.17) is 21.1 Å². The third-order valence-corrected chi connectivity index (χ3v) is 3.21. The second-order valence-electron chi connectivity index (χ2n) is 4.32. The van der Waals surface area contributed by atoms with E-state index >= 15 is 0 Å². The molecule has 2 aromatic rings. The normalized spacial score (nSPS) is 14.2. The molecule has 1 heterocycles. The van der Waals surface area contributed by atoms with Gasteiger partial charge in [0.15, 0.2) is 0 Å². The number of rotatable bonds is 3. The molecule has 5 heteroatoms. The van der Waals surface area contributed by atoms with E-state index in [0.29, 0.717) is 29.7 Å². The van der Waals surface area contributed by atoms with Crippen molar-refractivity contribution < 1.29 is 14.3 Å². The third-order valence-electron chi connectivity index (χ3n) is 2.96. The number of halogens is 1. The van der Waals surface area contributed by atoms with Crippen LogP contribution in [0, 0.1) is 0 Å². The standard InChI is InChI=1S/C15H12ClNO3/c16-11-1-5-13(6-2-11)20-14-7-3-12(4-8-14)17-9-10-19-15(17)18/h1-8H,9-10H2. The van der Waals surface area contributed by atoms with Crippen LogP contribution in [0.3, 0.4) is 0 Å². The van der Waals surface area contributed by atoms with Crippen molar-refractivity contribution in [3.8, 4) is 11.5 Å². The van der Waals surface area contributed by atoms with Gasteiger partial charge in [-0.25, -0.2) is 4.79 Å². The highest BCUT2D eigenvalue weighted by molar-refractivity contribution is 6.30. The minimum absolute atomic E-state index is 0.309. The van der Waals surface area contributed by atoms with Gasteiger partial charge in [0, 0.05) is 10.7 Å². The van der Waals surface area contributed by atoms with Gasteiger partial charge in [0.1, 0.15) is 18.1 Å². The molecule has 102 valence electrons. The minimum atomic E-state index is -0.309. The molecule has 0 bridgehead atoms. The molecule has 1 aliphatic heterocycles. The number of carbonyl (C=O) groups excluding carboxylic acids is 1. The van der Waals surface area contributed by atoms with Crippen molar-refractivity contribution in [2.75, 3.05) is 18.1 Å². The summed E-state index contributed by atoms with van der Waals surface area (Å²) in [6, 6.07) is 14.4. The molecule has 0 radical (unpaired) electrons. The second-order valence-corrected chi connectivity index (χ2v) is 4.75. The van der Waals surface area contributed by atoms with Crippen LogP contribution in [0.2, 0.25) is 5.02 Å². The van der Waals surface area contributed by atoms with Crippen molar-refractivity contribution in [2.24, 2.45) is 0 Å². The number of ether oxygens (including phenoxy) is 2. The van der Waals surface area contributed by atoms with Crippen LogP contribution in [0.15, 0.2) is 48.5 Å². The zero-order chi connectivity index (χ0) is 13.9. The van der Waals surface area contributed by atoms with Crippen molar-refractivity contribution >= 4 is 23.4 Å². The van der Waals surface area contributed by atoms with Crippen molar-refractivity contribution in [3.05, 3.63) is 53.6 Å². The molecule has 0 aromatic heterocycles. The zero-order valence-corrected chi connectivity index (χ0v) is 11.3. The fourth-order valence-corrected chi connectivity index (χ4v) is 2.09. The summed E-state index contributed by atoms with van der Waals surface area (Å²) in [6.45, 7) is 1.01. The molecular formula is C15H12ClNO3. The van der Waals surface area contributed by atoms with E-state index in [1.807, 2.05) is 24.3 Å². The first kappa shape index (κ1) is 12.8. The van der Waals surface area contributed by atoms with Crippen molar-refractivity contribution in [3.63, 3.8) is 0 Å². The number of benzene rings is 2. The highest BCUT2D eigenvalue weighted by Crippen LogP contribution is 2.26. The Labute approximate surface area is 121 Å². The molecule has 0 unspecified atom stereocenters. The van der Waals surface area contributed by atoms with Crippen LogP contribution < -0.4 is 9.64 Å². The van der Waals surface area contributed by atoms with Crippen LogP contribution in [0.25, 0.3) is 0 Å². The summed E-state index contributed by atoms with van der Waals surface area (Å²) < 4.78 is 10.6. The molecule has 1 amide bonds. The number of amides is 1. The maximum absolute atomic E-state index is 11.4. The summed E-state index contributed by atoms with van der Waals surface area (Å²) in [5.74, 6) is 1.41. The first-order valence-electron chi connectivity index (χ1n) is 6.20. The number of anilines is 1. The van der Waals surface area contributed by atoms with Gasteiger partial charge in [0.25, 0.3) is 0 Å². The second kappa shape index (κ2) is 5.43. The van der Waals surface area contributed by atoms with Gasteiger partial charge in [-0.3, -0.25) is 4.90 Å². The van der Waals surface area contributed by atoms with E-state index in [1.54, 1.807) is 29.2 Å². The molecule has 4 nitrogen and oxygen atoms in total. The predicted molar refractivity (Wildman–Crippen MR) is 76.7 cm³/mol. The average Bonchev–Trinajstić information content (AvgIpc) is 2.89. The number of carbonyl (C=O) groups is 1. The first-order chi connectivity index (χ1) is 9.72. The molecule has 2 aromatic carbocycles. The lowest BCUT2D eigenvalue weighted by atomic mass is 10.2. The Morgan fingerprint density at radius 1 is 1.00 bits per heavy atom. The van der Waals surface area contributed by atoms with E-state index in [0.717, 1.165) is 5.69 Å². The maximum atomic E-state index is 11.4. The monoisotopic (exact) mass is 289 g/mol. The predicted octanol–water partition coefficient (Wildman–Crippen LogP) is 4.09. The molecule has 0 saturated carbocycles. The van der Waals surface area contributed by atoms with Crippen molar-refractivity contribution in [1.29, 1.82) is 0 Å². The van der Waals surface area contributed by atoms with Crippen LogP contribution in [0.1, 0.15) is 0 Å². The van der Waals surface area contributed by atoms with E-state index in [1.165, 1.54) is 0 Å². The van der Waals surface area contributed by atoms with Gasteiger partial charge in [0.2, 0.25) is 0 Å². The fraction of sp³-hybridized carbons (Fsp3) is 0.133. The Hall–Kier alpha value is -2.20. The summed E-state index contributed by atoms with van der Waals surface area (Å²) in [7, 11) is 0. The molecule has 0 aliphatic carbocycles. The number of hydrogen-bond donors (Lipinski definition) is 0. The average molecular weight is 290 g/mol. The van der Waals surface area contributed by atoms with Gasteiger partial charge in [-0.15, -0.1) is 0 Å². The van der Waals surface area contributed by atoms with E-state index in [9.17, 15) is 4.79 Å². The number of nitrogens with zero attached hydrogens (tertiary/aromatic N) is 1. The van der Waals surface area contributed by atoms with Gasteiger partial charge >= 0.3 is 6.09 Å². The molecule has 20 heavy (non-hydrogen) atoms. The molecular weight excluding hydrogens is 278 g/mol. The Kier molecular flexibility index (Phi) is 3.48. The Bertz CT molecular complexity index is 610. The third kappa shape index (κ3) is 2.70. The van der Waals surface area contributed by atoms with E-state index < -0.39 is 0 Å². The van der Waals surface area contributed by atoms with Gasteiger partial charge in [-0.2, -0.15) is 0 Å². The summed E-state index contributed by atoms with van der Waals surface area (Å²) in [4.78, 5) is 13.0. The molecule has 1 saturated heterocycles. The quantitative estimate of drug-likeness (QED) is 0.854. The molecule has 1 aliphatic rings. The van der Waals surface area contributed by atoms with Crippen LogP contribution in [0.5, 0.6) is 11.5 Å². The molecule has 3 rings (SSSR count). The first-order valence-corrected chi connectivity index (χ1v) is 6.58.